The number of benzene rings is 6. The van der Waals surface area contributed by atoms with Gasteiger partial charge in [0.2, 0.25) is 0 Å². The van der Waals surface area contributed by atoms with E-state index in [4.69, 9.17) is 0 Å². The van der Waals surface area contributed by atoms with Crippen LogP contribution in [0.5, 0.6) is 0 Å². The molecule has 50 heavy (non-hydrogen) atoms. The highest BCUT2D eigenvalue weighted by Crippen LogP contribution is 2.47. The molecule has 6 aromatic carbocycles. The largest absolute Gasteiger partial charge is 0.292 e. The Morgan fingerprint density at radius 2 is 1.26 bits per heavy atom. The van der Waals surface area contributed by atoms with Crippen molar-refractivity contribution in [2.24, 2.45) is 0 Å². The van der Waals surface area contributed by atoms with Gasteiger partial charge in [-0.15, -0.1) is 0 Å². The second kappa shape index (κ2) is 11.7. The number of pyridine rings is 2. The van der Waals surface area contributed by atoms with Crippen molar-refractivity contribution in [3.05, 3.63) is 175 Å². The molecule has 0 spiro atoms. The summed E-state index contributed by atoms with van der Waals surface area (Å²) in [5.41, 5.74) is 11.8. The van der Waals surface area contributed by atoms with E-state index < -0.39 is 0 Å². The summed E-state index contributed by atoms with van der Waals surface area (Å²) in [4.78, 5) is 11.7. The zero-order chi connectivity index (χ0) is 33.0. The molecule has 0 bridgehead atoms. The van der Waals surface area contributed by atoms with Crippen molar-refractivity contribution < 1.29 is 0 Å². The fraction of sp³-hybridized carbons (Fsp3) is 0. The van der Waals surface area contributed by atoms with E-state index in [9.17, 15) is 0 Å². The molecule has 1 aliphatic rings. The van der Waals surface area contributed by atoms with E-state index in [2.05, 4.69) is 154 Å². The lowest BCUT2D eigenvalue weighted by atomic mass is 9.92. The number of hydrogen-bond acceptors (Lipinski definition) is 3. The molecule has 0 N–H and O–H groups in total. The third-order valence-electron chi connectivity index (χ3n) is 9.80. The SMILES string of the molecule is C1=Cc2ccc(-c3ccc4c(c3)c3ccncc3n4-c3ccccn3)cc2-c2ccc3ccccc3c2Sc2ccccc2-c2ccccc21. The molecule has 4 heteroatoms. The average molecular weight is 656 g/mol. The molecule has 0 amide bonds. The molecule has 234 valence electrons. The molecule has 3 nitrogen and oxygen atoms in total. The van der Waals surface area contributed by atoms with Gasteiger partial charge in [0.15, 0.2) is 0 Å². The minimum Gasteiger partial charge on any atom is -0.292 e. The number of hydrogen-bond donors (Lipinski definition) is 0. The highest BCUT2D eigenvalue weighted by molar-refractivity contribution is 7.99. The summed E-state index contributed by atoms with van der Waals surface area (Å²) >= 11 is 1.87. The van der Waals surface area contributed by atoms with Crippen LogP contribution in [0.1, 0.15) is 11.1 Å². The van der Waals surface area contributed by atoms with Gasteiger partial charge in [0.05, 0.1) is 17.2 Å². The first-order valence-electron chi connectivity index (χ1n) is 16.8. The normalized spacial score (nSPS) is 12.2. The molecule has 0 fully saturated rings. The monoisotopic (exact) mass is 655 g/mol. The molecule has 1 aliphatic heterocycles. The van der Waals surface area contributed by atoms with Crippen LogP contribution in [0.4, 0.5) is 0 Å². The lowest BCUT2D eigenvalue weighted by Gasteiger charge is -2.17. The van der Waals surface area contributed by atoms with Gasteiger partial charge in [-0.05, 0) is 97.7 Å². The Bertz CT molecular complexity index is 2790. The van der Waals surface area contributed by atoms with Gasteiger partial charge in [0.25, 0.3) is 0 Å². The van der Waals surface area contributed by atoms with Crippen molar-refractivity contribution in [2.75, 3.05) is 0 Å². The minimum atomic E-state index is 0.883. The first-order chi connectivity index (χ1) is 24.8. The molecule has 0 saturated heterocycles. The molecule has 4 heterocycles. The Kier molecular flexibility index (Phi) is 6.74. The van der Waals surface area contributed by atoms with E-state index in [1.165, 1.54) is 70.5 Å². The summed E-state index contributed by atoms with van der Waals surface area (Å²) in [5, 5.41) is 4.84. The van der Waals surface area contributed by atoms with Gasteiger partial charge in [0, 0.05) is 33.0 Å². The van der Waals surface area contributed by atoms with Crippen molar-refractivity contribution in [1.29, 1.82) is 0 Å². The van der Waals surface area contributed by atoms with Gasteiger partial charge in [-0.25, -0.2) is 4.98 Å². The number of rotatable bonds is 2. The number of fused-ring (bicyclic) bond motifs is 11. The Hall–Kier alpha value is -6.23. The van der Waals surface area contributed by atoms with Gasteiger partial charge < -0.3 is 0 Å². The van der Waals surface area contributed by atoms with E-state index >= 15 is 0 Å². The summed E-state index contributed by atoms with van der Waals surface area (Å²) in [6.45, 7) is 0. The van der Waals surface area contributed by atoms with Crippen LogP contribution in [0.25, 0.3) is 83.9 Å². The second-order valence-electron chi connectivity index (χ2n) is 12.6. The van der Waals surface area contributed by atoms with E-state index in [0.717, 1.165) is 22.2 Å². The highest BCUT2D eigenvalue weighted by atomic mass is 32.2. The molecular formula is C46H29N3S. The molecule has 3 aromatic heterocycles. The lowest BCUT2D eigenvalue weighted by molar-refractivity contribution is 1.07. The first kappa shape index (κ1) is 28.8. The lowest BCUT2D eigenvalue weighted by Crippen LogP contribution is -1.96. The van der Waals surface area contributed by atoms with E-state index in [-0.39, 0.29) is 0 Å². The zero-order valence-corrected chi connectivity index (χ0v) is 27.8. The first-order valence-corrected chi connectivity index (χ1v) is 17.6. The van der Waals surface area contributed by atoms with Gasteiger partial charge in [0.1, 0.15) is 5.82 Å². The van der Waals surface area contributed by atoms with Gasteiger partial charge in [-0.2, -0.15) is 0 Å². The maximum absolute atomic E-state index is 4.69. The van der Waals surface area contributed by atoms with Gasteiger partial charge in [-0.3, -0.25) is 9.55 Å². The molecular weight excluding hydrogens is 627 g/mol. The molecule has 0 unspecified atom stereocenters. The van der Waals surface area contributed by atoms with Crippen LogP contribution in [0, 0.1) is 0 Å². The minimum absolute atomic E-state index is 0.883. The van der Waals surface area contributed by atoms with Crippen molar-refractivity contribution in [2.45, 2.75) is 9.79 Å². The van der Waals surface area contributed by atoms with Crippen LogP contribution >= 0.6 is 11.8 Å². The average Bonchev–Trinajstić information content (AvgIpc) is 3.50. The van der Waals surface area contributed by atoms with Gasteiger partial charge >= 0.3 is 0 Å². The quantitative estimate of drug-likeness (QED) is 0.186. The number of aromatic nitrogens is 3. The van der Waals surface area contributed by atoms with Crippen molar-refractivity contribution in [1.82, 2.24) is 14.5 Å². The van der Waals surface area contributed by atoms with Crippen LogP contribution in [0.3, 0.4) is 0 Å². The fourth-order valence-corrected chi connectivity index (χ4v) is 8.65. The predicted octanol–water partition coefficient (Wildman–Crippen LogP) is 12.4. The van der Waals surface area contributed by atoms with Crippen LogP contribution in [0.15, 0.2) is 174 Å². The summed E-state index contributed by atoms with van der Waals surface area (Å²) in [5.74, 6) is 0.883. The summed E-state index contributed by atoms with van der Waals surface area (Å²) in [6, 6.07) is 52.7. The van der Waals surface area contributed by atoms with Gasteiger partial charge in [-0.1, -0.05) is 127 Å². The Labute approximate surface area is 294 Å². The summed E-state index contributed by atoms with van der Waals surface area (Å²) in [7, 11) is 0. The van der Waals surface area contributed by atoms with Crippen LogP contribution < -0.4 is 0 Å². The molecule has 0 atom stereocenters. The van der Waals surface area contributed by atoms with Crippen molar-refractivity contribution in [3.63, 3.8) is 0 Å². The zero-order valence-electron chi connectivity index (χ0n) is 27.0. The third kappa shape index (κ3) is 4.68. The third-order valence-corrected chi connectivity index (χ3v) is 11.0. The predicted molar refractivity (Wildman–Crippen MR) is 210 cm³/mol. The molecule has 9 aromatic rings. The van der Waals surface area contributed by atoms with Crippen molar-refractivity contribution in [3.8, 4) is 39.2 Å². The van der Waals surface area contributed by atoms with Crippen molar-refractivity contribution >= 4 is 56.5 Å². The maximum atomic E-state index is 4.69. The second-order valence-corrected chi connectivity index (χ2v) is 13.7. The van der Waals surface area contributed by atoms with E-state index in [1.807, 2.05) is 48.6 Å². The summed E-state index contributed by atoms with van der Waals surface area (Å²) in [6.07, 6.45) is 10.2. The van der Waals surface area contributed by atoms with Crippen LogP contribution in [-0.2, 0) is 0 Å². The van der Waals surface area contributed by atoms with E-state index in [0.29, 0.717) is 0 Å². The fourth-order valence-electron chi connectivity index (χ4n) is 7.42. The van der Waals surface area contributed by atoms with Crippen LogP contribution in [0.2, 0.25) is 0 Å². The molecule has 0 aliphatic carbocycles. The maximum Gasteiger partial charge on any atom is 0.137 e. The molecule has 0 radical (unpaired) electrons. The Morgan fingerprint density at radius 3 is 2.18 bits per heavy atom. The highest BCUT2D eigenvalue weighted by Gasteiger charge is 2.19. The standard InChI is InChI=1S/C46H29N3S/c1-3-11-35-30(9-1)16-17-32-18-19-33(34-21-23-42-41(28-34)37-24-26-47-29-43(37)49(42)45-15-7-8-25-48-45)27-40(32)39-22-20-31-10-2-4-12-36(31)46(39)50-44-14-6-5-13-38(35)44/h1-29H. The van der Waals surface area contributed by atoms with E-state index in [1.54, 1.807) is 0 Å². The Balaban J connectivity index is 1.22. The molecule has 10 rings (SSSR count). The Morgan fingerprint density at radius 1 is 0.480 bits per heavy atom. The number of nitrogens with zero attached hydrogens (tertiary/aromatic N) is 3. The van der Waals surface area contributed by atoms with Crippen LogP contribution in [-0.4, -0.2) is 14.5 Å². The summed E-state index contributed by atoms with van der Waals surface area (Å²) < 4.78 is 2.20. The topological polar surface area (TPSA) is 30.7 Å². The smallest absolute Gasteiger partial charge is 0.137 e. The molecule has 0 saturated carbocycles.